The van der Waals surface area contributed by atoms with E-state index in [9.17, 15) is 23.1 Å². The number of aliphatic carboxylic acids is 1. The van der Waals surface area contributed by atoms with E-state index in [1.807, 2.05) is 0 Å². The lowest BCUT2D eigenvalue weighted by Gasteiger charge is -2.22. The largest absolute Gasteiger partial charge is 0.481 e. The predicted molar refractivity (Wildman–Crippen MR) is 108 cm³/mol. The summed E-state index contributed by atoms with van der Waals surface area (Å²) < 4.78 is 41.8. The van der Waals surface area contributed by atoms with Gasteiger partial charge in [0.1, 0.15) is 5.82 Å². The van der Waals surface area contributed by atoms with Crippen LogP contribution in [0, 0.1) is 11.7 Å². The molecule has 0 saturated carbocycles. The number of carbonyl (C=O) groups is 1. The van der Waals surface area contributed by atoms with Gasteiger partial charge in [0.05, 0.1) is 12.5 Å². The van der Waals surface area contributed by atoms with Crippen molar-refractivity contribution >= 4 is 23.3 Å². The number of hydrogen-bond donors (Lipinski definition) is 1. The van der Waals surface area contributed by atoms with Crippen molar-refractivity contribution in [3.63, 3.8) is 0 Å². The van der Waals surface area contributed by atoms with E-state index in [2.05, 4.69) is 6.58 Å². The second-order valence-corrected chi connectivity index (χ2v) is 7.85. The number of likely N-dealkylation sites (tertiary alicyclic amines) is 1. The Morgan fingerprint density at radius 2 is 2.03 bits per heavy atom. The molecule has 2 aromatic rings. The van der Waals surface area contributed by atoms with Gasteiger partial charge in [-0.1, -0.05) is 37.2 Å². The maximum atomic E-state index is 14.9. The molecule has 154 valence electrons. The van der Waals surface area contributed by atoms with Crippen molar-refractivity contribution in [1.82, 2.24) is 4.90 Å². The third-order valence-electron chi connectivity index (χ3n) is 5.16. The Hall–Kier alpha value is -2.47. The van der Waals surface area contributed by atoms with Gasteiger partial charge in [0, 0.05) is 29.2 Å². The van der Waals surface area contributed by atoms with E-state index in [4.69, 9.17) is 11.6 Å². The van der Waals surface area contributed by atoms with Crippen LogP contribution >= 0.6 is 11.6 Å². The first-order valence-electron chi connectivity index (χ1n) is 9.20. The van der Waals surface area contributed by atoms with Crippen LogP contribution in [0.3, 0.4) is 0 Å². The van der Waals surface area contributed by atoms with Gasteiger partial charge in [-0.25, -0.2) is 13.2 Å². The molecule has 29 heavy (non-hydrogen) atoms. The quantitative estimate of drug-likeness (QED) is 0.645. The summed E-state index contributed by atoms with van der Waals surface area (Å²) in [6.07, 6.45) is -0.0138. The van der Waals surface area contributed by atoms with Crippen LogP contribution in [0.15, 0.2) is 43.0 Å². The molecule has 2 aromatic carbocycles. The molecule has 1 N–H and O–H groups in total. The number of benzene rings is 2. The monoisotopic (exact) mass is 423 g/mol. The number of halogens is 4. The van der Waals surface area contributed by atoms with E-state index in [0.717, 1.165) is 5.56 Å². The van der Waals surface area contributed by atoms with Crippen molar-refractivity contribution in [1.29, 1.82) is 0 Å². The zero-order valence-corrected chi connectivity index (χ0v) is 16.6. The molecule has 0 bridgehead atoms. The molecular formula is C22H21ClF3NO2. The molecule has 1 saturated heterocycles. The third kappa shape index (κ3) is 4.75. The second kappa shape index (κ2) is 8.11. The molecule has 7 heteroatoms. The molecule has 1 atom stereocenters. The molecule has 0 spiro atoms. The van der Waals surface area contributed by atoms with Crippen LogP contribution < -0.4 is 0 Å². The summed E-state index contributed by atoms with van der Waals surface area (Å²) in [7, 11) is 0. The molecule has 1 fully saturated rings. The van der Waals surface area contributed by atoms with E-state index >= 15 is 0 Å². The maximum Gasteiger partial charge on any atom is 0.306 e. The fourth-order valence-electron chi connectivity index (χ4n) is 3.47. The molecule has 1 aliphatic rings. The van der Waals surface area contributed by atoms with E-state index in [-0.39, 0.29) is 30.6 Å². The van der Waals surface area contributed by atoms with Crippen LogP contribution in [-0.4, -0.2) is 35.0 Å². The minimum absolute atomic E-state index is 0.124. The molecule has 1 aliphatic heterocycles. The lowest BCUT2D eigenvalue weighted by atomic mass is 9.92. The average Bonchev–Trinajstić information content (AvgIpc) is 3.02. The van der Waals surface area contributed by atoms with E-state index in [1.54, 1.807) is 31.2 Å². The molecule has 0 unspecified atom stereocenters. The Morgan fingerprint density at radius 3 is 2.62 bits per heavy atom. The fraction of sp³-hybridized carbons (Fsp3) is 0.318. The third-order valence-corrected chi connectivity index (χ3v) is 5.40. The van der Waals surface area contributed by atoms with Gasteiger partial charge in [0.15, 0.2) is 0 Å². The molecule has 0 radical (unpaired) electrons. The van der Waals surface area contributed by atoms with Crippen LogP contribution in [-0.2, 0) is 11.2 Å². The summed E-state index contributed by atoms with van der Waals surface area (Å²) in [6, 6.07) is 9.53. The first kappa shape index (κ1) is 21.2. The normalized spacial score (nSPS) is 16.7. The topological polar surface area (TPSA) is 40.5 Å². The highest BCUT2D eigenvalue weighted by Gasteiger charge is 2.39. The van der Waals surface area contributed by atoms with Crippen LogP contribution in [0.25, 0.3) is 16.8 Å². The summed E-state index contributed by atoms with van der Waals surface area (Å²) in [6.45, 7) is 5.04. The smallest absolute Gasteiger partial charge is 0.306 e. The number of rotatable bonds is 6. The Kier molecular flexibility index (Phi) is 5.94. The lowest BCUT2D eigenvalue weighted by Crippen LogP contribution is -2.24. The highest BCUT2D eigenvalue weighted by molar-refractivity contribution is 6.30. The zero-order chi connectivity index (χ0) is 21.3. The van der Waals surface area contributed by atoms with Crippen molar-refractivity contribution in [2.45, 2.75) is 25.7 Å². The minimum atomic E-state index is -2.80. The first-order chi connectivity index (χ1) is 13.6. The molecule has 0 aliphatic carbocycles. The number of hydrogen-bond acceptors (Lipinski definition) is 2. The maximum absolute atomic E-state index is 14.9. The summed E-state index contributed by atoms with van der Waals surface area (Å²) in [4.78, 5) is 12.6. The standard InChI is InChI=1S/C22H21ClF3NO2/c1-13(21(28)29)9-15-3-5-17(23)11-19(15)16-4-6-18(20(24)10-16)14(2)27-8-7-22(25,26)12-27/h3-6,10-11,13H,2,7-9,12H2,1H3,(H,28,29)/t13-/m1/s1. The highest BCUT2D eigenvalue weighted by Crippen LogP contribution is 2.35. The highest BCUT2D eigenvalue weighted by atomic mass is 35.5. The molecule has 0 amide bonds. The van der Waals surface area contributed by atoms with Crippen molar-refractivity contribution in [3.8, 4) is 11.1 Å². The molecule has 3 rings (SSSR count). The summed E-state index contributed by atoms with van der Waals surface area (Å²) in [5.41, 5.74) is 2.27. The number of carboxylic acid groups (broad SMARTS) is 1. The average molecular weight is 424 g/mol. The van der Waals surface area contributed by atoms with E-state index in [0.29, 0.717) is 16.1 Å². The van der Waals surface area contributed by atoms with Gasteiger partial charge in [-0.3, -0.25) is 4.79 Å². The van der Waals surface area contributed by atoms with Crippen LogP contribution in [0.1, 0.15) is 24.5 Å². The van der Waals surface area contributed by atoms with Crippen molar-refractivity contribution in [2.24, 2.45) is 5.92 Å². The van der Waals surface area contributed by atoms with Crippen molar-refractivity contribution in [3.05, 3.63) is 64.9 Å². The van der Waals surface area contributed by atoms with Crippen LogP contribution in [0.2, 0.25) is 5.02 Å². The van der Waals surface area contributed by atoms with E-state index in [1.165, 1.54) is 17.0 Å². The van der Waals surface area contributed by atoms with Crippen LogP contribution in [0.4, 0.5) is 13.2 Å². The van der Waals surface area contributed by atoms with E-state index < -0.39 is 30.2 Å². The summed E-state index contributed by atoms with van der Waals surface area (Å²) in [5, 5.41) is 9.63. The Bertz CT molecular complexity index is 961. The second-order valence-electron chi connectivity index (χ2n) is 7.41. The summed E-state index contributed by atoms with van der Waals surface area (Å²) in [5.74, 6) is -4.92. The van der Waals surface area contributed by atoms with Gasteiger partial charge < -0.3 is 10.0 Å². The molecule has 1 heterocycles. The number of alkyl halides is 2. The van der Waals surface area contributed by atoms with Crippen molar-refractivity contribution < 1.29 is 23.1 Å². The van der Waals surface area contributed by atoms with Crippen molar-refractivity contribution in [2.75, 3.05) is 13.1 Å². The molecule has 3 nitrogen and oxygen atoms in total. The van der Waals surface area contributed by atoms with Gasteiger partial charge in [0.25, 0.3) is 5.92 Å². The van der Waals surface area contributed by atoms with Gasteiger partial charge >= 0.3 is 5.97 Å². The van der Waals surface area contributed by atoms with Gasteiger partial charge in [-0.15, -0.1) is 0 Å². The minimum Gasteiger partial charge on any atom is -0.481 e. The number of carboxylic acids is 1. The van der Waals surface area contributed by atoms with Gasteiger partial charge in [-0.05, 0) is 47.4 Å². The number of nitrogens with zero attached hydrogens (tertiary/aromatic N) is 1. The van der Waals surface area contributed by atoms with Crippen LogP contribution in [0.5, 0.6) is 0 Å². The van der Waals surface area contributed by atoms with Gasteiger partial charge in [0.2, 0.25) is 0 Å². The predicted octanol–water partition coefficient (Wildman–Crippen LogP) is 5.72. The Morgan fingerprint density at radius 1 is 1.31 bits per heavy atom. The SMILES string of the molecule is C=C(c1ccc(-c2cc(Cl)ccc2C[C@@H](C)C(=O)O)cc1F)N1CCC(F)(F)C1. The fourth-order valence-corrected chi connectivity index (χ4v) is 3.64. The Balaban J connectivity index is 1.91. The van der Waals surface area contributed by atoms with Gasteiger partial charge in [-0.2, -0.15) is 0 Å². The first-order valence-corrected chi connectivity index (χ1v) is 9.58. The molecule has 0 aromatic heterocycles. The molecular weight excluding hydrogens is 403 g/mol. The lowest BCUT2D eigenvalue weighted by molar-refractivity contribution is -0.141. The zero-order valence-electron chi connectivity index (χ0n) is 15.9. The Labute approximate surface area is 172 Å². The summed E-state index contributed by atoms with van der Waals surface area (Å²) >= 11 is 6.10.